The molecule has 0 atom stereocenters. The van der Waals surface area contributed by atoms with Crippen LogP contribution in [0.1, 0.15) is 42.3 Å². The second-order valence-electron chi connectivity index (χ2n) is 5.40. The molecule has 116 valence electrons. The SMILES string of the molecule is Nc1c2c(nn1C(=O)c1ccccc1)C(=O)c1ccccc1C2=O. The molecule has 0 amide bonds. The first-order valence-electron chi connectivity index (χ1n) is 7.26. The third kappa shape index (κ3) is 1.83. The Kier molecular flexibility index (Phi) is 2.93. The number of hydrogen-bond donors (Lipinski definition) is 1. The number of nitrogens with zero attached hydrogens (tertiary/aromatic N) is 2. The van der Waals surface area contributed by atoms with Crippen LogP contribution in [0.5, 0.6) is 0 Å². The number of hydrogen-bond acceptors (Lipinski definition) is 5. The lowest BCUT2D eigenvalue weighted by Gasteiger charge is -2.12. The first-order chi connectivity index (χ1) is 11.6. The number of benzene rings is 2. The van der Waals surface area contributed by atoms with Crippen molar-refractivity contribution in [2.45, 2.75) is 0 Å². The monoisotopic (exact) mass is 317 g/mol. The van der Waals surface area contributed by atoms with Gasteiger partial charge in [-0.3, -0.25) is 14.4 Å². The van der Waals surface area contributed by atoms with Crippen molar-refractivity contribution in [1.82, 2.24) is 9.78 Å². The van der Waals surface area contributed by atoms with Gasteiger partial charge in [0.1, 0.15) is 11.5 Å². The van der Waals surface area contributed by atoms with Gasteiger partial charge in [0.15, 0.2) is 5.78 Å². The van der Waals surface area contributed by atoms with Crippen LogP contribution in [0, 0.1) is 0 Å². The highest BCUT2D eigenvalue weighted by molar-refractivity contribution is 6.29. The molecule has 1 aliphatic rings. The van der Waals surface area contributed by atoms with Gasteiger partial charge in [-0.1, -0.05) is 42.5 Å². The molecule has 0 bridgehead atoms. The van der Waals surface area contributed by atoms with Gasteiger partial charge in [0, 0.05) is 16.7 Å². The van der Waals surface area contributed by atoms with E-state index in [4.69, 9.17) is 5.73 Å². The number of aromatic nitrogens is 2. The van der Waals surface area contributed by atoms with Crippen LogP contribution < -0.4 is 5.73 Å². The third-order valence-corrected chi connectivity index (χ3v) is 3.99. The van der Waals surface area contributed by atoms with Crippen LogP contribution in [-0.2, 0) is 0 Å². The van der Waals surface area contributed by atoms with E-state index in [9.17, 15) is 14.4 Å². The Hall–Kier alpha value is -3.54. The summed E-state index contributed by atoms with van der Waals surface area (Å²) in [6, 6.07) is 14.9. The Morgan fingerprint density at radius 2 is 1.46 bits per heavy atom. The minimum Gasteiger partial charge on any atom is -0.383 e. The van der Waals surface area contributed by atoms with E-state index < -0.39 is 17.5 Å². The maximum Gasteiger partial charge on any atom is 0.280 e. The second kappa shape index (κ2) is 4.99. The summed E-state index contributed by atoms with van der Waals surface area (Å²) in [5, 5.41) is 4.03. The summed E-state index contributed by atoms with van der Waals surface area (Å²) >= 11 is 0. The molecule has 1 heterocycles. The zero-order valence-electron chi connectivity index (χ0n) is 12.4. The summed E-state index contributed by atoms with van der Waals surface area (Å²) in [6.07, 6.45) is 0. The van der Waals surface area contributed by atoms with E-state index in [1.54, 1.807) is 54.6 Å². The van der Waals surface area contributed by atoms with Crippen LogP contribution in [0.2, 0.25) is 0 Å². The molecule has 0 saturated carbocycles. The smallest absolute Gasteiger partial charge is 0.280 e. The van der Waals surface area contributed by atoms with Crippen LogP contribution in [-0.4, -0.2) is 27.3 Å². The summed E-state index contributed by atoms with van der Waals surface area (Å²) in [5.41, 5.74) is 6.79. The number of fused-ring (bicyclic) bond motifs is 2. The zero-order chi connectivity index (χ0) is 16.8. The predicted molar refractivity (Wildman–Crippen MR) is 86.1 cm³/mol. The van der Waals surface area contributed by atoms with Crippen LogP contribution in [0.4, 0.5) is 5.82 Å². The summed E-state index contributed by atoms with van der Waals surface area (Å²) in [4.78, 5) is 37.8. The van der Waals surface area contributed by atoms with E-state index in [0.29, 0.717) is 5.56 Å². The van der Waals surface area contributed by atoms with E-state index in [-0.39, 0.29) is 28.2 Å². The highest BCUT2D eigenvalue weighted by Crippen LogP contribution is 2.30. The number of nitrogen functional groups attached to an aromatic ring is 1. The predicted octanol–water partition coefficient (Wildman–Crippen LogP) is 1.93. The van der Waals surface area contributed by atoms with Crippen LogP contribution in [0.25, 0.3) is 0 Å². The molecule has 0 unspecified atom stereocenters. The average Bonchev–Trinajstić information content (AvgIpc) is 2.97. The van der Waals surface area contributed by atoms with Crippen molar-refractivity contribution < 1.29 is 14.4 Å². The highest BCUT2D eigenvalue weighted by Gasteiger charge is 2.36. The lowest BCUT2D eigenvalue weighted by molar-refractivity contribution is 0.0945. The van der Waals surface area contributed by atoms with E-state index in [2.05, 4.69) is 5.10 Å². The highest BCUT2D eigenvalue weighted by atomic mass is 16.2. The molecule has 6 heteroatoms. The van der Waals surface area contributed by atoms with Crippen molar-refractivity contribution in [2.24, 2.45) is 0 Å². The van der Waals surface area contributed by atoms with Gasteiger partial charge in [-0.2, -0.15) is 9.78 Å². The molecule has 0 spiro atoms. The first-order valence-corrected chi connectivity index (χ1v) is 7.26. The number of rotatable bonds is 1. The van der Waals surface area contributed by atoms with Gasteiger partial charge < -0.3 is 5.73 Å². The number of ketones is 2. The molecule has 0 fully saturated rings. The maximum atomic E-state index is 12.6. The first kappa shape index (κ1) is 14.1. The van der Waals surface area contributed by atoms with Gasteiger partial charge in [0.2, 0.25) is 5.78 Å². The summed E-state index contributed by atoms with van der Waals surface area (Å²) < 4.78 is 0.918. The number of nitrogens with two attached hydrogens (primary N) is 1. The molecule has 2 aromatic carbocycles. The fourth-order valence-corrected chi connectivity index (χ4v) is 2.81. The molecule has 1 aliphatic carbocycles. The second-order valence-corrected chi connectivity index (χ2v) is 5.40. The number of carbonyl (C=O) groups excluding carboxylic acids is 3. The van der Waals surface area contributed by atoms with Crippen molar-refractivity contribution in [3.8, 4) is 0 Å². The van der Waals surface area contributed by atoms with Crippen molar-refractivity contribution in [3.05, 3.63) is 82.5 Å². The van der Waals surface area contributed by atoms with Crippen LogP contribution in [0.3, 0.4) is 0 Å². The normalized spacial score (nSPS) is 12.7. The Labute approximate surface area is 136 Å². The lowest BCUT2D eigenvalue weighted by atomic mass is 9.88. The Bertz CT molecular complexity index is 1020. The van der Waals surface area contributed by atoms with Crippen molar-refractivity contribution in [2.75, 3.05) is 5.73 Å². The third-order valence-electron chi connectivity index (χ3n) is 3.99. The molecule has 0 aliphatic heterocycles. The van der Waals surface area contributed by atoms with Crippen LogP contribution >= 0.6 is 0 Å². The maximum absolute atomic E-state index is 12.6. The Morgan fingerprint density at radius 3 is 2.12 bits per heavy atom. The van der Waals surface area contributed by atoms with Crippen LogP contribution in [0.15, 0.2) is 54.6 Å². The van der Waals surface area contributed by atoms with Crippen molar-refractivity contribution >= 4 is 23.3 Å². The Morgan fingerprint density at radius 1 is 0.875 bits per heavy atom. The topological polar surface area (TPSA) is 95.0 Å². The van der Waals surface area contributed by atoms with E-state index in [0.717, 1.165) is 4.68 Å². The minimum absolute atomic E-state index is 0.0111. The van der Waals surface area contributed by atoms with Gasteiger partial charge >= 0.3 is 0 Å². The lowest BCUT2D eigenvalue weighted by Crippen LogP contribution is -2.20. The van der Waals surface area contributed by atoms with Gasteiger partial charge in [0.25, 0.3) is 5.91 Å². The largest absolute Gasteiger partial charge is 0.383 e. The van der Waals surface area contributed by atoms with E-state index in [1.807, 2.05) is 0 Å². The molecule has 1 aromatic heterocycles. The molecular weight excluding hydrogens is 306 g/mol. The zero-order valence-corrected chi connectivity index (χ0v) is 12.4. The van der Waals surface area contributed by atoms with Gasteiger partial charge in [-0.15, -0.1) is 0 Å². The standard InChI is InChI=1S/C18H11N3O3/c19-17-13-14(16(23)12-9-5-4-8-11(12)15(13)22)20-21(17)18(24)10-6-2-1-3-7-10/h1-9H,19H2. The van der Waals surface area contributed by atoms with E-state index >= 15 is 0 Å². The van der Waals surface area contributed by atoms with Gasteiger partial charge in [-0.25, -0.2) is 0 Å². The summed E-state index contributed by atoms with van der Waals surface area (Å²) in [6.45, 7) is 0. The molecule has 2 N–H and O–H groups in total. The van der Waals surface area contributed by atoms with Crippen molar-refractivity contribution in [3.63, 3.8) is 0 Å². The van der Waals surface area contributed by atoms with Gasteiger partial charge in [0.05, 0.1) is 5.56 Å². The minimum atomic E-state index is -0.493. The molecule has 6 nitrogen and oxygen atoms in total. The molecule has 0 saturated heterocycles. The Balaban J connectivity index is 1.90. The summed E-state index contributed by atoms with van der Waals surface area (Å²) in [7, 11) is 0. The number of anilines is 1. The molecular formula is C18H11N3O3. The molecule has 3 aromatic rings. The summed E-state index contributed by atoms with van der Waals surface area (Å²) in [5.74, 6) is -1.42. The fraction of sp³-hybridized carbons (Fsp3) is 0. The molecule has 4 rings (SSSR count). The average molecular weight is 317 g/mol. The quantitative estimate of drug-likeness (QED) is 0.579. The van der Waals surface area contributed by atoms with Gasteiger partial charge in [-0.05, 0) is 12.1 Å². The molecule has 0 radical (unpaired) electrons. The molecule has 24 heavy (non-hydrogen) atoms. The van der Waals surface area contributed by atoms with E-state index in [1.165, 1.54) is 0 Å². The fourth-order valence-electron chi connectivity index (χ4n) is 2.81. The number of carbonyl (C=O) groups is 3. The van der Waals surface area contributed by atoms with Crippen molar-refractivity contribution in [1.29, 1.82) is 0 Å².